The van der Waals surface area contributed by atoms with Crippen LogP contribution in [0, 0.1) is 0 Å². The van der Waals surface area contributed by atoms with Crippen LogP contribution < -0.4 is 0 Å². The van der Waals surface area contributed by atoms with E-state index in [9.17, 15) is 5.11 Å². The minimum Gasteiger partial charge on any atom is -0.390 e. The summed E-state index contributed by atoms with van der Waals surface area (Å²) in [7, 11) is 0. The van der Waals surface area contributed by atoms with E-state index in [1.165, 1.54) is 0 Å². The number of hydrogen-bond acceptors (Lipinski definition) is 3. The molecule has 2 atom stereocenters. The number of thiophene rings is 1. The molecule has 1 aromatic heterocycles. The van der Waals surface area contributed by atoms with Gasteiger partial charge in [0.1, 0.15) is 0 Å². The summed E-state index contributed by atoms with van der Waals surface area (Å²) in [5.74, 6) is -0.0595. The van der Waals surface area contributed by atoms with Gasteiger partial charge in [-0.25, -0.2) is 0 Å². The molecule has 2 aromatic rings. The molecule has 1 N–H and O–H groups in total. The van der Waals surface area contributed by atoms with E-state index in [1.54, 1.807) is 17.4 Å². The molecule has 2 unspecified atom stereocenters. The van der Waals surface area contributed by atoms with Gasteiger partial charge in [-0.15, -0.1) is 17.9 Å². The van der Waals surface area contributed by atoms with Crippen LogP contribution in [0.1, 0.15) is 16.4 Å². The van der Waals surface area contributed by atoms with E-state index in [2.05, 4.69) is 6.58 Å². The van der Waals surface area contributed by atoms with Gasteiger partial charge in [0, 0.05) is 10.8 Å². The molecule has 0 saturated carbocycles. The maximum atomic E-state index is 10.2. The van der Waals surface area contributed by atoms with Crippen LogP contribution in [-0.2, 0) is 11.3 Å². The molecule has 0 saturated heterocycles. The monoisotopic (exact) mass is 274 g/mol. The predicted molar refractivity (Wildman–Crippen MR) is 79.4 cm³/mol. The first-order valence-electron chi connectivity index (χ1n) is 6.27. The number of benzene rings is 1. The van der Waals surface area contributed by atoms with Crippen molar-refractivity contribution in [2.24, 2.45) is 0 Å². The normalized spacial score (nSPS) is 13.9. The Morgan fingerprint density at radius 1 is 1.21 bits per heavy atom. The SMILES string of the molecule is C=CC(c1cccs1)C(O)COCc1ccccc1. The molecule has 0 bridgehead atoms. The highest BCUT2D eigenvalue weighted by molar-refractivity contribution is 7.10. The van der Waals surface area contributed by atoms with Crippen LogP contribution >= 0.6 is 11.3 Å². The second-order valence-electron chi connectivity index (χ2n) is 4.34. The molecular weight excluding hydrogens is 256 g/mol. The Labute approximate surface area is 118 Å². The van der Waals surface area contributed by atoms with E-state index < -0.39 is 6.10 Å². The van der Waals surface area contributed by atoms with E-state index in [0.717, 1.165) is 10.4 Å². The van der Waals surface area contributed by atoms with Crippen molar-refractivity contribution < 1.29 is 9.84 Å². The summed E-state index contributed by atoms with van der Waals surface area (Å²) in [6, 6.07) is 13.9. The standard InChI is InChI=1S/C16H18O2S/c1-2-14(16-9-6-10-19-16)15(17)12-18-11-13-7-4-3-5-8-13/h2-10,14-15,17H,1,11-12H2. The van der Waals surface area contributed by atoms with E-state index in [4.69, 9.17) is 4.74 Å². The second-order valence-corrected chi connectivity index (χ2v) is 5.32. The third-order valence-electron chi connectivity index (χ3n) is 2.94. The van der Waals surface area contributed by atoms with Crippen molar-refractivity contribution in [1.29, 1.82) is 0 Å². The highest BCUT2D eigenvalue weighted by atomic mass is 32.1. The smallest absolute Gasteiger partial charge is 0.0884 e. The van der Waals surface area contributed by atoms with Crippen molar-refractivity contribution in [3.63, 3.8) is 0 Å². The molecule has 3 heteroatoms. The topological polar surface area (TPSA) is 29.5 Å². The van der Waals surface area contributed by atoms with Gasteiger partial charge in [0.15, 0.2) is 0 Å². The maximum Gasteiger partial charge on any atom is 0.0884 e. The first-order valence-corrected chi connectivity index (χ1v) is 7.15. The number of hydrogen-bond donors (Lipinski definition) is 1. The molecule has 0 spiro atoms. The van der Waals surface area contributed by atoms with Crippen molar-refractivity contribution in [1.82, 2.24) is 0 Å². The molecule has 100 valence electrons. The van der Waals surface area contributed by atoms with Crippen LogP contribution in [-0.4, -0.2) is 17.8 Å². The third kappa shape index (κ3) is 4.03. The molecule has 0 aliphatic rings. The first kappa shape index (κ1) is 14.0. The molecule has 1 aromatic carbocycles. The third-order valence-corrected chi connectivity index (χ3v) is 3.91. The van der Waals surface area contributed by atoms with Crippen LogP contribution in [0.5, 0.6) is 0 Å². The summed E-state index contributed by atoms with van der Waals surface area (Å²) < 4.78 is 5.57. The van der Waals surface area contributed by atoms with Crippen molar-refractivity contribution in [2.75, 3.05) is 6.61 Å². The lowest BCUT2D eigenvalue weighted by atomic mass is 10.0. The zero-order valence-electron chi connectivity index (χ0n) is 10.7. The highest BCUT2D eigenvalue weighted by Gasteiger charge is 2.19. The Hall–Kier alpha value is -1.42. The predicted octanol–water partition coefficient (Wildman–Crippen LogP) is 3.60. The fourth-order valence-corrected chi connectivity index (χ4v) is 2.80. The van der Waals surface area contributed by atoms with Crippen molar-refractivity contribution in [3.05, 3.63) is 70.9 Å². The summed E-state index contributed by atoms with van der Waals surface area (Å²) in [6.45, 7) is 4.62. The molecule has 19 heavy (non-hydrogen) atoms. The Balaban J connectivity index is 1.83. The van der Waals surface area contributed by atoms with Crippen LogP contribution in [0.2, 0.25) is 0 Å². The van der Waals surface area contributed by atoms with Gasteiger partial charge < -0.3 is 9.84 Å². The molecule has 0 radical (unpaired) electrons. The van der Waals surface area contributed by atoms with Crippen molar-refractivity contribution >= 4 is 11.3 Å². The fourth-order valence-electron chi connectivity index (χ4n) is 1.92. The lowest BCUT2D eigenvalue weighted by molar-refractivity contribution is 0.0223. The zero-order valence-corrected chi connectivity index (χ0v) is 11.6. The van der Waals surface area contributed by atoms with Gasteiger partial charge in [-0.05, 0) is 17.0 Å². The molecule has 0 aliphatic heterocycles. The number of ether oxygens (including phenoxy) is 1. The highest BCUT2D eigenvalue weighted by Crippen LogP contribution is 2.25. The Bertz CT molecular complexity index is 479. The van der Waals surface area contributed by atoms with Crippen molar-refractivity contribution in [2.45, 2.75) is 18.6 Å². The minimum absolute atomic E-state index is 0.0595. The van der Waals surface area contributed by atoms with E-state index in [0.29, 0.717) is 13.2 Å². The van der Waals surface area contributed by atoms with Crippen LogP contribution in [0.4, 0.5) is 0 Å². The zero-order chi connectivity index (χ0) is 13.5. The summed E-state index contributed by atoms with van der Waals surface area (Å²) in [5.41, 5.74) is 1.11. The van der Waals surface area contributed by atoms with Gasteiger partial charge in [0.25, 0.3) is 0 Å². The van der Waals surface area contributed by atoms with Gasteiger partial charge in [0.2, 0.25) is 0 Å². The molecule has 0 fully saturated rings. The van der Waals surface area contributed by atoms with Crippen LogP contribution in [0.15, 0.2) is 60.5 Å². The summed E-state index contributed by atoms with van der Waals surface area (Å²) >= 11 is 1.63. The average molecular weight is 274 g/mol. The maximum absolute atomic E-state index is 10.2. The lowest BCUT2D eigenvalue weighted by Crippen LogP contribution is -2.22. The fraction of sp³-hybridized carbons (Fsp3) is 0.250. The molecule has 0 amide bonds. The Morgan fingerprint density at radius 2 is 2.00 bits per heavy atom. The molecule has 1 heterocycles. The molecule has 2 nitrogen and oxygen atoms in total. The molecule has 0 aliphatic carbocycles. The van der Waals surface area contributed by atoms with Gasteiger partial charge in [-0.2, -0.15) is 0 Å². The largest absolute Gasteiger partial charge is 0.390 e. The quantitative estimate of drug-likeness (QED) is 0.782. The number of aliphatic hydroxyl groups excluding tert-OH is 1. The summed E-state index contributed by atoms with van der Waals surface area (Å²) in [6.07, 6.45) is 1.22. The van der Waals surface area contributed by atoms with Crippen LogP contribution in [0.25, 0.3) is 0 Å². The van der Waals surface area contributed by atoms with E-state index in [-0.39, 0.29) is 5.92 Å². The van der Waals surface area contributed by atoms with E-state index in [1.807, 2.05) is 47.8 Å². The minimum atomic E-state index is -0.556. The van der Waals surface area contributed by atoms with Gasteiger partial charge in [-0.1, -0.05) is 42.5 Å². The van der Waals surface area contributed by atoms with Crippen LogP contribution in [0.3, 0.4) is 0 Å². The van der Waals surface area contributed by atoms with E-state index >= 15 is 0 Å². The second kappa shape index (κ2) is 7.24. The Kier molecular flexibility index (Phi) is 5.33. The van der Waals surface area contributed by atoms with Gasteiger partial charge >= 0.3 is 0 Å². The Morgan fingerprint density at radius 3 is 2.63 bits per heavy atom. The average Bonchev–Trinajstić information content (AvgIpc) is 2.95. The lowest BCUT2D eigenvalue weighted by Gasteiger charge is -2.18. The van der Waals surface area contributed by atoms with Gasteiger partial charge in [0.05, 0.1) is 19.3 Å². The molecular formula is C16H18O2S. The number of aliphatic hydroxyl groups is 1. The first-order chi connectivity index (χ1) is 9.31. The molecule has 2 rings (SSSR count). The summed E-state index contributed by atoms with van der Waals surface area (Å²) in [5, 5.41) is 12.2. The summed E-state index contributed by atoms with van der Waals surface area (Å²) in [4.78, 5) is 1.12. The van der Waals surface area contributed by atoms with Gasteiger partial charge in [-0.3, -0.25) is 0 Å². The number of rotatable bonds is 7. The van der Waals surface area contributed by atoms with Crippen molar-refractivity contribution in [3.8, 4) is 0 Å².